The van der Waals surface area contributed by atoms with Crippen molar-refractivity contribution in [3.8, 4) is 17.2 Å². The Morgan fingerprint density at radius 3 is 2.52 bits per heavy atom. The molecule has 3 heterocycles. The van der Waals surface area contributed by atoms with Gasteiger partial charge in [0.05, 0.1) is 18.8 Å². The Bertz CT molecular complexity index is 961. The molecule has 138 valence electrons. The van der Waals surface area contributed by atoms with Crippen LogP contribution in [0.1, 0.15) is 25.5 Å². The van der Waals surface area contributed by atoms with E-state index in [2.05, 4.69) is 53.0 Å². The van der Waals surface area contributed by atoms with Gasteiger partial charge in [-0.3, -0.25) is 4.90 Å². The molecular weight excluding hydrogens is 336 g/mol. The van der Waals surface area contributed by atoms with Crippen LogP contribution in [0.4, 0.5) is 5.82 Å². The summed E-state index contributed by atoms with van der Waals surface area (Å²) in [6.45, 7) is 8.40. The predicted molar refractivity (Wildman–Crippen MR) is 107 cm³/mol. The Labute approximate surface area is 159 Å². The first-order valence-electron chi connectivity index (χ1n) is 9.45. The Kier molecular flexibility index (Phi) is 4.78. The van der Waals surface area contributed by atoms with E-state index in [0.29, 0.717) is 12.5 Å². The summed E-state index contributed by atoms with van der Waals surface area (Å²) in [5.74, 6) is 1.43. The molecule has 1 aliphatic rings. The number of fused-ring (bicyclic) bond motifs is 1. The minimum atomic E-state index is 0.340. The molecule has 0 spiro atoms. The van der Waals surface area contributed by atoms with Gasteiger partial charge in [0.2, 0.25) is 0 Å². The Morgan fingerprint density at radius 2 is 1.85 bits per heavy atom. The number of hydrogen-bond donors (Lipinski definition) is 0. The van der Waals surface area contributed by atoms with Crippen LogP contribution >= 0.6 is 0 Å². The fraction of sp³-hybridized carbons (Fsp3) is 0.381. The first kappa shape index (κ1) is 17.5. The van der Waals surface area contributed by atoms with Crippen LogP contribution in [0.5, 0.6) is 0 Å². The summed E-state index contributed by atoms with van der Waals surface area (Å²) >= 11 is 0. The van der Waals surface area contributed by atoms with E-state index in [4.69, 9.17) is 10.2 Å². The number of piperazine rings is 1. The van der Waals surface area contributed by atoms with Crippen molar-refractivity contribution >= 4 is 11.5 Å². The van der Waals surface area contributed by atoms with E-state index in [-0.39, 0.29) is 0 Å². The van der Waals surface area contributed by atoms with Crippen molar-refractivity contribution in [3.63, 3.8) is 0 Å². The standard InChI is InChI=1S/C21H24N6/c1-16(2)19-14-20(26-12-10-25(9-8-22)11-13-26)27-21(24-19)18(15-23-27)17-6-4-3-5-7-17/h3-7,14-16H,9-13H2,1-2H3. The first-order chi connectivity index (χ1) is 13.2. The minimum absolute atomic E-state index is 0.340. The van der Waals surface area contributed by atoms with Gasteiger partial charge in [0.15, 0.2) is 5.65 Å². The molecule has 0 unspecified atom stereocenters. The highest BCUT2D eigenvalue weighted by atomic mass is 15.4. The monoisotopic (exact) mass is 360 g/mol. The van der Waals surface area contributed by atoms with Gasteiger partial charge in [-0.25, -0.2) is 4.98 Å². The molecule has 0 N–H and O–H groups in total. The van der Waals surface area contributed by atoms with E-state index in [9.17, 15) is 0 Å². The fourth-order valence-corrected chi connectivity index (χ4v) is 3.54. The third-order valence-electron chi connectivity index (χ3n) is 5.14. The molecule has 6 nitrogen and oxygen atoms in total. The number of hydrogen-bond acceptors (Lipinski definition) is 5. The molecule has 0 saturated carbocycles. The van der Waals surface area contributed by atoms with Gasteiger partial charge in [0, 0.05) is 43.5 Å². The second-order valence-corrected chi connectivity index (χ2v) is 7.27. The van der Waals surface area contributed by atoms with Crippen LogP contribution in [-0.4, -0.2) is 52.2 Å². The number of benzene rings is 1. The summed E-state index contributed by atoms with van der Waals surface area (Å²) in [4.78, 5) is 9.48. The van der Waals surface area contributed by atoms with Crippen LogP contribution in [0.25, 0.3) is 16.8 Å². The molecule has 0 bridgehead atoms. The van der Waals surface area contributed by atoms with Gasteiger partial charge in [-0.1, -0.05) is 44.2 Å². The van der Waals surface area contributed by atoms with E-state index in [1.807, 2.05) is 28.9 Å². The van der Waals surface area contributed by atoms with Crippen LogP contribution in [0, 0.1) is 11.3 Å². The molecule has 0 radical (unpaired) electrons. The summed E-state index contributed by atoms with van der Waals surface area (Å²) in [5, 5.41) is 13.6. The molecule has 0 atom stereocenters. The average Bonchev–Trinajstić information content (AvgIpc) is 3.13. The molecule has 2 aromatic heterocycles. The highest BCUT2D eigenvalue weighted by Crippen LogP contribution is 2.29. The van der Waals surface area contributed by atoms with Crippen LogP contribution in [-0.2, 0) is 0 Å². The summed E-state index contributed by atoms with van der Waals surface area (Å²) in [7, 11) is 0. The van der Waals surface area contributed by atoms with Crippen molar-refractivity contribution in [2.75, 3.05) is 37.6 Å². The highest BCUT2D eigenvalue weighted by Gasteiger charge is 2.22. The molecular formula is C21H24N6. The van der Waals surface area contributed by atoms with E-state index >= 15 is 0 Å². The van der Waals surface area contributed by atoms with Gasteiger partial charge in [-0.15, -0.1) is 0 Å². The normalized spacial score (nSPS) is 15.4. The lowest BCUT2D eigenvalue weighted by Gasteiger charge is -2.35. The van der Waals surface area contributed by atoms with Crippen LogP contribution in [0.15, 0.2) is 42.6 Å². The second kappa shape index (κ2) is 7.37. The molecule has 1 saturated heterocycles. The van der Waals surface area contributed by atoms with Crippen molar-refractivity contribution < 1.29 is 0 Å². The van der Waals surface area contributed by atoms with Crippen LogP contribution < -0.4 is 4.90 Å². The zero-order valence-corrected chi connectivity index (χ0v) is 15.8. The topological polar surface area (TPSA) is 60.5 Å². The van der Waals surface area contributed by atoms with Gasteiger partial charge in [-0.2, -0.15) is 14.9 Å². The fourth-order valence-electron chi connectivity index (χ4n) is 3.54. The molecule has 1 aromatic carbocycles. The second-order valence-electron chi connectivity index (χ2n) is 7.27. The van der Waals surface area contributed by atoms with Crippen LogP contribution in [0.2, 0.25) is 0 Å². The lowest BCUT2D eigenvalue weighted by atomic mass is 10.1. The van der Waals surface area contributed by atoms with Gasteiger partial charge >= 0.3 is 0 Å². The van der Waals surface area contributed by atoms with Gasteiger partial charge in [-0.05, 0) is 11.5 Å². The van der Waals surface area contributed by atoms with Crippen molar-refractivity contribution in [2.24, 2.45) is 0 Å². The zero-order chi connectivity index (χ0) is 18.8. The SMILES string of the molecule is CC(C)c1cc(N2CCN(CC#N)CC2)n2ncc(-c3ccccc3)c2n1. The van der Waals surface area contributed by atoms with E-state index in [0.717, 1.165) is 54.5 Å². The Morgan fingerprint density at radius 1 is 1.11 bits per heavy atom. The average molecular weight is 360 g/mol. The third-order valence-corrected chi connectivity index (χ3v) is 5.14. The Hall–Kier alpha value is -2.91. The highest BCUT2D eigenvalue weighted by molar-refractivity contribution is 5.78. The lowest BCUT2D eigenvalue weighted by molar-refractivity contribution is 0.286. The molecule has 27 heavy (non-hydrogen) atoms. The summed E-state index contributed by atoms with van der Waals surface area (Å²) in [6, 6.07) is 14.7. The summed E-state index contributed by atoms with van der Waals surface area (Å²) < 4.78 is 1.97. The molecule has 1 fully saturated rings. The van der Waals surface area contributed by atoms with Crippen molar-refractivity contribution in [3.05, 3.63) is 48.3 Å². The minimum Gasteiger partial charge on any atom is -0.354 e. The molecule has 0 amide bonds. The molecule has 3 aromatic rings. The number of aromatic nitrogens is 3. The van der Waals surface area contributed by atoms with Crippen molar-refractivity contribution in [1.82, 2.24) is 19.5 Å². The molecule has 1 aliphatic heterocycles. The molecule has 0 aliphatic carbocycles. The van der Waals surface area contributed by atoms with Gasteiger partial charge in [0.1, 0.15) is 5.82 Å². The smallest absolute Gasteiger partial charge is 0.165 e. The van der Waals surface area contributed by atoms with Crippen LogP contribution in [0.3, 0.4) is 0 Å². The Balaban J connectivity index is 1.77. The molecule has 4 rings (SSSR count). The van der Waals surface area contributed by atoms with Crippen molar-refractivity contribution in [2.45, 2.75) is 19.8 Å². The number of nitriles is 1. The van der Waals surface area contributed by atoms with E-state index in [1.54, 1.807) is 0 Å². The number of nitrogens with zero attached hydrogens (tertiary/aromatic N) is 6. The van der Waals surface area contributed by atoms with Gasteiger partial charge < -0.3 is 4.90 Å². The first-order valence-corrected chi connectivity index (χ1v) is 9.45. The quantitative estimate of drug-likeness (QED) is 0.669. The maximum Gasteiger partial charge on any atom is 0.165 e. The largest absolute Gasteiger partial charge is 0.354 e. The van der Waals surface area contributed by atoms with E-state index in [1.165, 1.54) is 0 Å². The predicted octanol–water partition coefficient (Wildman–Crippen LogP) is 3.17. The maximum absolute atomic E-state index is 8.92. The van der Waals surface area contributed by atoms with E-state index < -0.39 is 0 Å². The summed E-state index contributed by atoms with van der Waals surface area (Å²) in [6.07, 6.45) is 1.91. The third kappa shape index (κ3) is 3.38. The lowest BCUT2D eigenvalue weighted by Crippen LogP contribution is -2.47. The zero-order valence-electron chi connectivity index (χ0n) is 15.8. The molecule has 6 heteroatoms. The van der Waals surface area contributed by atoms with Gasteiger partial charge in [0.25, 0.3) is 0 Å². The maximum atomic E-state index is 8.92. The van der Waals surface area contributed by atoms with Crippen molar-refractivity contribution in [1.29, 1.82) is 5.26 Å². The number of anilines is 1. The number of rotatable bonds is 4. The summed E-state index contributed by atoms with van der Waals surface area (Å²) in [5.41, 5.74) is 4.17.